The maximum Gasteiger partial charge on any atom is 0.387 e. The number of pyridine rings is 2. The summed E-state index contributed by atoms with van der Waals surface area (Å²) >= 11 is 0. The fourth-order valence-corrected chi connectivity index (χ4v) is 3.86. The molecule has 1 unspecified atom stereocenters. The number of carbonyl (C=O) groups is 1. The first-order valence-corrected chi connectivity index (χ1v) is 11.6. The quantitative estimate of drug-likeness (QED) is 0.155. The van der Waals surface area contributed by atoms with Gasteiger partial charge >= 0.3 is 19.2 Å². The van der Waals surface area contributed by atoms with Crippen molar-refractivity contribution in [1.29, 1.82) is 0 Å². The summed E-state index contributed by atoms with van der Waals surface area (Å²) in [6.45, 7) is -6.45. The Hall–Kier alpha value is -4.67. The van der Waals surface area contributed by atoms with Crippen molar-refractivity contribution in [2.75, 3.05) is 7.11 Å². The Balaban J connectivity index is 1.63. The van der Waals surface area contributed by atoms with E-state index in [9.17, 15) is 22.4 Å². The van der Waals surface area contributed by atoms with E-state index >= 15 is 0 Å². The molecular weight excluding hydrogens is 520 g/mol. The predicted octanol–water partition coefficient (Wildman–Crippen LogP) is 6.63. The van der Waals surface area contributed by atoms with Crippen LogP contribution in [0, 0.1) is 0 Å². The second-order valence-corrected chi connectivity index (χ2v) is 8.12. The number of aromatic nitrogens is 2. The first kappa shape index (κ1) is 27.4. The molecule has 0 bridgehead atoms. The van der Waals surface area contributed by atoms with Crippen LogP contribution < -0.4 is 14.2 Å². The van der Waals surface area contributed by atoms with Crippen LogP contribution in [-0.4, -0.2) is 36.3 Å². The fraction of sp³-hybridized carbons (Fsp3) is 0.179. The minimum atomic E-state index is -3.24. The summed E-state index contributed by atoms with van der Waals surface area (Å²) in [5.74, 6) is -1.19. The normalized spacial score (nSPS) is 11.8. The first-order valence-electron chi connectivity index (χ1n) is 11.6. The highest BCUT2D eigenvalue weighted by Crippen LogP contribution is 2.37. The summed E-state index contributed by atoms with van der Waals surface area (Å²) in [5.41, 5.74) is 2.47. The van der Waals surface area contributed by atoms with E-state index in [1.54, 1.807) is 67.1 Å². The third-order valence-corrected chi connectivity index (χ3v) is 5.65. The van der Waals surface area contributed by atoms with Crippen molar-refractivity contribution in [3.8, 4) is 23.1 Å². The number of hydrogen-bond donors (Lipinski definition) is 0. The van der Waals surface area contributed by atoms with Crippen molar-refractivity contribution in [2.24, 2.45) is 0 Å². The molecule has 2 aromatic heterocycles. The molecule has 39 heavy (non-hydrogen) atoms. The van der Waals surface area contributed by atoms with Gasteiger partial charge in [0.2, 0.25) is 5.88 Å². The third kappa shape index (κ3) is 7.44. The maximum absolute atomic E-state index is 13.0. The highest BCUT2D eigenvalue weighted by molar-refractivity contribution is 5.89. The lowest BCUT2D eigenvalue weighted by molar-refractivity contribution is -0.0692. The van der Waals surface area contributed by atoms with E-state index in [0.29, 0.717) is 28.9 Å². The molecule has 202 valence electrons. The van der Waals surface area contributed by atoms with E-state index in [-0.39, 0.29) is 5.88 Å². The Morgan fingerprint density at radius 1 is 0.821 bits per heavy atom. The molecule has 0 aliphatic rings. The molecule has 7 nitrogen and oxygen atoms in total. The van der Waals surface area contributed by atoms with Gasteiger partial charge in [-0.1, -0.05) is 12.1 Å². The molecule has 0 aliphatic carbocycles. The summed E-state index contributed by atoms with van der Waals surface area (Å²) < 4.78 is 70.9. The van der Waals surface area contributed by atoms with Crippen molar-refractivity contribution >= 4 is 5.97 Å². The Bertz CT molecular complexity index is 1370. The van der Waals surface area contributed by atoms with E-state index in [2.05, 4.69) is 24.2 Å². The molecule has 0 fully saturated rings. The highest BCUT2D eigenvalue weighted by atomic mass is 19.3. The summed E-state index contributed by atoms with van der Waals surface area (Å²) in [6.07, 6.45) is 5.24. The van der Waals surface area contributed by atoms with Gasteiger partial charge in [0.25, 0.3) is 0 Å². The molecule has 0 aliphatic heterocycles. The van der Waals surface area contributed by atoms with E-state index in [0.717, 1.165) is 5.56 Å². The summed E-state index contributed by atoms with van der Waals surface area (Å²) in [5, 5.41) is 0. The number of esters is 1. The van der Waals surface area contributed by atoms with E-state index in [1.807, 2.05) is 0 Å². The van der Waals surface area contributed by atoms with Crippen molar-refractivity contribution in [1.82, 2.24) is 9.97 Å². The molecule has 4 aromatic rings. The third-order valence-electron chi connectivity index (χ3n) is 5.65. The molecule has 4 rings (SSSR count). The van der Waals surface area contributed by atoms with Crippen molar-refractivity contribution in [3.63, 3.8) is 0 Å². The van der Waals surface area contributed by atoms with Gasteiger partial charge in [-0.15, -0.1) is 0 Å². The second kappa shape index (κ2) is 12.7. The Kier molecular flexibility index (Phi) is 8.93. The number of benzene rings is 2. The lowest BCUT2D eigenvalue weighted by Crippen LogP contribution is -2.10. The molecule has 0 N–H and O–H groups in total. The zero-order valence-electron chi connectivity index (χ0n) is 20.5. The lowest BCUT2D eigenvalue weighted by Gasteiger charge is -2.20. The van der Waals surface area contributed by atoms with Gasteiger partial charge in [-0.25, -0.2) is 9.78 Å². The van der Waals surface area contributed by atoms with Gasteiger partial charge in [0.1, 0.15) is 5.75 Å². The number of alkyl halides is 4. The van der Waals surface area contributed by atoms with Gasteiger partial charge in [0.05, 0.1) is 12.7 Å². The Labute approximate surface area is 221 Å². The zero-order chi connectivity index (χ0) is 27.8. The number of ether oxygens (including phenoxy) is 4. The fourth-order valence-electron chi connectivity index (χ4n) is 3.86. The van der Waals surface area contributed by atoms with Crippen LogP contribution in [0.1, 0.15) is 33.0 Å². The van der Waals surface area contributed by atoms with Crippen LogP contribution in [-0.2, 0) is 11.2 Å². The van der Waals surface area contributed by atoms with Crippen molar-refractivity contribution < 1.29 is 41.3 Å². The van der Waals surface area contributed by atoms with Gasteiger partial charge in [-0.05, 0) is 71.6 Å². The summed E-state index contributed by atoms with van der Waals surface area (Å²) in [6, 6.07) is 17.2. The number of rotatable bonds is 11. The SMILES string of the molecule is COC(=O)c1ccc(Oc2ccc(C(Cc3ccncc3)c3ccc(OC(F)F)c(OC(F)F)c3)cn2)cc1. The molecule has 0 amide bonds. The average molecular weight is 542 g/mol. The van der Waals surface area contributed by atoms with Crippen LogP contribution in [0.25, 0.3) is 0 Å². The number of carbonyl (C=O) groups excluding carboxylic acids is 1. The van der Waals surface area contributed by atoms with Crippen LogP contribution in [0.4, 0.5) is 17.6 Å². The monoisotopic (exact) mass is 542 g/mol. The zero-order valence-corrected chi connectivity index (χ0v) is 20.5. The standard InChI is InChI=1S/C28H22F4N2O5/c1-36-26(35)18-2-6-21(7-3-18)37-25-9-5-20(16-34-25)22(14-17-10-12-33-13-11-17)19-4-8-23(38-27(29)30)24(15-19)39-28(31)32/h2-13,15-16,22,27-28H,14H2,1H3. The summed E-state index contributed by atoms with van der Waals surface area (Å²) in [4.78, 5) is 20.0. The van der Waals surface area contributed by atoms with Gasteiger partial charge in [-0.3, -0.25) is 4.98 Å². The van der Waals surface area contributed by atoms with Crippen LogP contribution in [0.5, 0.6) is 23.1 Å². The van der Waals surface area contributed by atoms with Crippen LogP contribution in [0.3, 0.4) is 0 Å². The van der Waals surface area contributed by atoms with Gasteiger partial charge in [0, 0.05) is 30.6 Å². The number of hydrogen-bond acceptors (Lipinski definition) is 7. The molecule has 2 aromatic carbocycles. The average Bonchev–Trinajstić information content (AvgIpc) is 2.93. The predicted molar refractivity (Wildman–Crippen MR) is 132 cm³/mol. The topological polar surface area (TPSA) is 79.8 Å². The molecule has 0 saturated carbocycles. The van der Waals surface area contributed by atoms with Crippen LogP contribution in [0.2, 0.25) is 0 Å². The van der Waals surface area contributed by atoms with Gasteiger partial charge in [0.15, 0.2) is 11.5 Å². The second-order valence-electron chi connectivity index (χ2n) is 8.12. The van der Waals surface area contributed by atoms with E-state index in [4.69, 9.17) is 4.74 Å². The summed E-state index contributed by atoms with van der Waals surface area (Å²) in [7, 11) is 1.29. The van der Waals surface area contributed by atoms with Crippen molar-refractivity contribution in [3.05, 3.63) is 108 Å². The lowest BCUT2D eigenvalue weighted by atomic mass is 9.87. The van der Waals surface area contributed by atoms with Gasteiger partial charge < -0.3 is 18.9 Å². The smallest absolute Gasteiger partial charge is 0.387 e. The van der Waals surface area contributed by atoms with Crippen LogP contribution >= 0.6 is 0 Å². The van der Waals surface area contributed by atoms with Crippen LogP contribution in [0.15, 0.2) is 85.3 Å². The largest absolute Gasteiger partial charge is 0.465 e. The Morgan fingerprint density at radius 2 is 1.49 bits per heavy atom. The van der Waals surface area contributed by atoms with Gasteiger partial charge in [-0.2, -0.15) is 17.6 Å². The maximum atomic E-state index is 13.0. The number of halogens is 4. The van der Waals surface area contributed by atoms with Crippen molar-refractivity contribution in [2.45, 2.75) is 25.6 Å². The Morgan fingerprint density at radius 3 is 2.10 bits per heavy atom. The molecule has 0 spiro atoms. The number of methoxy groups -OCH3 is 1. The molecule has 2 heterocycles. The highest BCUT2D eigenvalue weighted by Gasteiger charge is 2.21. The molecule has 0 saturated heterocycles. The van der Waals surface area contributed by atoms with E-state index < -0.39 is 36.6 Å². The molecule has 11 heteroatoms. The number of nitrogens with zero attached hydrogens (tertiary/aromatic N) is 2. The molecule has 1 atom stereocenters. The minimum Gasteiger partial charge on any atom is -0.465 e. The van der Waals surface area contributed by atoms with E-state index in [1.165, 1.54) is 25.3 Å². The first-order chi connectivity index (χ1) is 18.8. The minimum absolute atomic E-state index is 0.273. The molecular formula is C28H22F4N2O5. The molecule has 0 radical (unpaired) electrons.